The van der Waals surface area contributed by atoms with E-state index >= 15 is 0 Å². The predicted molar refractivity (Wildman–Crippen MR) is 83.1 cm³/mol. The van der Waals surface area contributed by atoms with Crippen molar-refractivity contribution in [2.24, 2.45) is 0 Å². The molecule has 6 nitrogen and oxygen atoms in total. The molecule has 1 aromatic carbocycles. The van der Waals surface area contributed by atoms with E-state index in [-0.39, 0.29) is 18.6 Å². The number of piperidine rings is 1. The van der Waals surface area contributed by atoms with Crippen LogP contribution in [0, 0.1) is 0 Å². The maximum Gasteiger partial charge on any atom is 0.315 e. The van der Waals surface area contributed by atoms with Gasteiger partial charge in [-0.3, -0.25) is 4.79 Å². The van der Waals surface area contributed by atoms with Crippen LogP contribution in [-0.4, -0.2) is 47.2 Å². The molecule has 2 rings (SSSR count). The Morgan fingerprint density at radius 2 is 2.14 bits per heavy atom. The number of amides is 3. The number of carbonyl (C=O) groups is 2. The molecular formula is C16H23N3O3. The van der Waals surface area contributed by atoms with Crippen LogP contribution in [0.2, 0.25) is 0 Å². The van der Waals surface area contributed by atoms with Crippen LogP contribution in [0.5, 0.6) is 0 Å². The first-order valence-electron chi connectivity index (χ1n) is 7.60. The molecule has 1 aliphatic rings. The van der Waals surface area contributed by atoms with E-state index in [0.29, 0.717) is 19.5 Å². The minimum Gasteiger partial charge on any atom is -0.394 e. The number of hydrogen-bond acceptors (Lipinski definition) is 3. The molecule has 2 atom stereocenters. The number of hydrogen-bond donors (Lipinski definition) is 3. The Morgan fingerprint density at radius 3 is 2.82 bits per heavy atom. The Hall–Kier alpha value is -2.08. The molecule has 0 aliphatic carbocycles. The lowest BCUT2D eigenvalue weighted by atomic mass is 10.0. The predicted octanol–water partition coefficient (Wildman–Crippen LogP) is 0.858. The van der Waals surface area contributed by atoms with Gasteiger partial charge >= 0.3 is 6.03 Å². The van der Waals surface area contributed by atoms with Gasteiger partial charge < -0.3 is 20.6 Å². The number of nitrogens with zero attached hydrogens (tertiary/aromatic N) is 1. The van der Waals surface area contributed by atoms with Gasteiger partial charge in [-0.05, 0) is 25.3 Å². The summed E-state index contributed by atoms with van der Waals surface area (Å²) < 4.78 is 0. The van der Waals surface area contributed by atoms with Crippen molar-refractivity contribution in [3.8, 4) is 0 Å². The lowest BCUT2D eigenvalue weighted by Crippen LogP contribution is -2.55. The average molecular weight is 305 g/mol. The molecule has 1 aliphatic heterocycles. The summed E-state index contributed by atoms with van der Waals surface area (Å²) in [5.74, 6) is -0.0538. The second-order valence-corrected chi connectivity index (χ2v) is 5.64. The van der Waals surface area contributed by atoms with Gasteiger partial charge in [0.15, 0.2) is 0 Å². The molecular weight excluding hydrogens is 282 g/mol. The number of nitrogens with one attached hydrogen (secondary N) is 2. The number of likely N-dealkylation sites (tertiary alicyclic amines) is 1. The van der Waals surface area contributed by atoms with Crippen molar-refractivity contribution >= 4 is 11.9 Å². The molecule has 0 radical (unpaired) electrons. The van der Waals surface area contributed by atoms with E-state index in [1.54, 1.807) is 11.8 Å². The van der Waals surface area contributed by atoms with Crippen LogP contribution in [0.15, 0.2) is 30.3 Å². The normalized spacial score (nSPS) is 19.6. The third-order valence-corrected chi connectivity index (χ3v) is 3.70. The lowest BCUT2D eigenvalue weighted by molar-refractivity contribution is -0.136. The van der Waals surface area contributed by atoms with Crippen LogP contribution >= 0.6 is 0 Å². The third-order valence-electron chi connectivity index (χ3n) is 3.70. The van der Waals surface area contributed by atoms with Crippen LogP contribution in [0.1, 0.15) is 25.3 Å². The Kier molecular flexibility index (Phi) is 5.77. The van der Waals surface area contributed by atoms with E-state index in [4.69, 9.17) is 5.11 Å². The molecule has 2 unspecified atom stereocenters. The standard InChI is InChI=1S/C16H23N3O3/c1-12(11-20)17-16(22)18-14-8-5-9-19(15(14)21)10-13-6-3-2-4-7-13/h2-4,6-7,12,14,20H,5,8-11H2,1H3,(H2,17,18,22). The summed E-state index contributed by atoms with van der Waals surface area (Å²) in [5, 5.41) is 14.2. The smallest absolute Gasteiger partial charge is 0.315 e. The van der Waals surface area contributed by atoms with Crippen molar-refractivity contribution in [1.29, 1.82) is 0 Å². The zero-order valence-electron chi connectivity index (χ0n) is 12.8. The fourth-order valence-electron chi connectivity index (χ4n) is 2.50. The number of rotatable bonds is 5. The van der Waals surface area contributed by atoms with Gasteiger partial charge in [0.2, 0.25) is 5.91 Å². The average Bonchev–Trinajstić information content (AvgIpc) is 2.52. The molecule has 1 saturated heterocycles. The molecule has 0 bridgehead atoms. The van der Waals surface area contributed by atoms with Gasteiger partial charge in [-0.1, -0.05) is 30.3 Å². The molecule has 1 heterocycles. The maximum atomic E-state index is 12.5. The largest absolute Gasteiger partial charge is 0.394 e. The van der Waals surface area contributed by atoms with Crippen LogP contribution in [0.4, 0.5) is 4.79 Å². The fraction of sp³-hybridized carbons (Fsp3) is 0.500. The number of benzene rings is 1. The van der Waals surface area contributed by atoms with Crippen molar-refractivity contribution < 1.29 is 14.7 Å². The molecule has 3 amide bonds. The second-order valence-electron chi connectivity index (χ2n) is 5.64. The summed E-state index contributed by atoms with van der Waals surface area (Å²) in [5.41, 5.74) is 1.08. The first kappa shape index (κ1) is 16.3. The van der Waals surface area contributed by atoms with Gasteiger partial charge in [-0.2, -0.15) is 0 Å². The summed E-state index contributed by atoms with van der Waals surface area (Å²) in [6.07, 6.45) is 1.50. The van der Waals surface area contributed by atoms with Crippen molar-refractivity contribution in [3.63, 3.8) is 0 Å². The van der Waals surface area contributed by atoms with E-state index in [0.717, 1.165) is 12.0 Å². The number of urea groups is 1. The van der Waals surface area contributed by atoms with Gasteiger partial charge in [0.1, 0.15) is 6.04 Å². The van der Waals surface area contributed by atoms with Crippen LogP contribution in [-0.2, 0) is 11.3 Å². The number of carbonyl (C=O) groups excluding carboxylic acids is 2. The summed E-state index contributed by atoms with van der Waals surface area (Å²) >= 11 is 0. The van der Waals surface area contributed by atoms with Crippen molar-refractivity contribution in [3.05, 3.63) is 35.9 Å². The molecule has 1 fully saturated rings. The van der Waals surface area contributed by atoms with Gasteiger partial charge in [-0.15, -0.1) is 0 Å². The van der Waals surface area contributed by atoms with E-state index < -0.39 is 12.1 Å². The monoisotopic (exact) mass is 305 g/mol. The molecule has 3 N–H and O–H groups in total. The van der Waals surface area contributed by atoms with Gasteiger partial charge in [0.05, 0.1) is 12.6 Å². The highest BCUT2D eigenvalue weighted by molar-refractivity contribution is 5.87. The molecule has 120 valence electrons. The molecule has 0 spiro atoms. The number of aliphatic hydroxyl groups excluding tert-OH is 1. The van der Waals surface area contributed by atoms with Gasteiger partial charge in [-0.25, -0.2) is 4.79 Å². The Balaban J connectivity index is 1.91. The van der Waals surface area contributed by atoms with Crippen LogP contribution in [0.3, 0.4) is 0 Å². The van der Waals surface area contributed by atoms with Crippen LogP contribution in [0.25, 0.3) is 0 Å². The van der Waals surface area contributed by atoms with E-state index in [2.05, 4.69) is 10.6 Å². The first-order valence-corrected chi connectivity index (χ1v) is 7.60. The van der Waals surface area contributed by atoms with Gasteiger partial charge in [0.25, 0.3) is 0 Å². The van der Waals surface area contributed by atoms with Crippen molar-refractivity contribution in [2.75, 3.05) is 13.2 Å². The topological polar surface area (TPSA) is 81.7 Å². The highest BCUT2D eigenvalue weighted by Crippen LogP contribution is 2.15. The molecule has 0 saturated carbocycles. The summed E-state index contributed by atoms with van der Waals surface area (Å²) in [7, 11) is 0. The SMILES string of the molecule is CC(CO)NC(=O)NC1CCCN(Cc2ccccc2)C1=O. The molecule has 6 heteroatoms. The first-order chi connectivity index (χ1) is 10.6. The summed E-state index contributed by atoms with van der Waals surface area (Å²) in [6.45, 7) is 2.84. The highest BCUT2D eigenvalue weighted by Gasteiger charge is 2.29. The quantitative estimate of drug-likeness (QED) is 0.754. The molecule has 22 heavy (non-hydrogen) atoms. The minimum absolute atomic E-state index is 0.0538. The molecule has 0 aromatic heterocycles. The number of aliphatic hydroxyl groups is 1. The van der Waals surface area contributed by atoms with E-state index in [9.17, 15) is 9.59 Å². The van der Waals surface area contributed by atoms with Crippen LogP contribution < -0.4 is 10.6 Å². The molecule has 1 aromatic rings. The second kappa shape index (κ2) is 7.79. The summed E-state index contributed by atoms with van der Waals surface area (Å²) in [4.78, 5) is 26.0. The minimum atomic E-state index is -0.497. The maximum absolute atomic E-state index is 12.5. The van der Waals surface area contributed by atoms with Crippen molar-refractivity contribution in [2.45, 2.75) is 38.4 Å². The van der Waals surface area contributed by atoms with E-state index in [1.165, 1.54) is 0 Å². The Morgan fingerprint density at radius 1 is 1.41 bits per heavy atom. The zero-order chi connectivity index (χ0) is 15.9. The third kappa shape index (κ3) is 4.46. The van der Waals surface area contributed by atoms with Gasteiger partial charge in [0, 0.05) is 13.1 Å². The van der Waals surface area contributed by atoms with E-state index in [1.807, 2.05) is 30.3 Å². The highest BCUT2D eigenvalue weighted by atomic mass is 16.3. The van der Waals surface area contributed by atoms with Crippen molar-refractivity contribution in [1.82, 2.24) is 15.5 Å². The summed E-state index contributed by atoms with van der Waals surface area (Å²) in [6, 6.07) is 8.56. The Labute approximate surface area is 130 Å². The zero-order valence-corrected chi connectivity index (χ0v) is 12.8. The Bertz CT molecular complexity index is 507. The lowest BCUT2D eigenvalue weighted by Gasteiger charge is -2.33. The fourth-order valence-corrected chi connectivity index (χ4v) is 2.50.